The number of rotatable bonds is 0. The first-order chi connectivity index (χ1) is 9.66. The third kappa shape index (κ3) is 1.28. The third-order valence-electron chi connectivity index (χ3n) is 3.64. The van der Waals surface area contributed by atoms with E-state index in [9.17, 15) is 21.0 Å². The summed E-state index contributed by atoms with van der Waals surface area (Å²) in [5.74, 6) is -0.599. The molecule has 2 aliphatic heterocycles. The topological polar surface area (TPSA) is 104 Å². The van der Waals surface area contributed by atoms with Gasteiger partial charge in [0.25, 0.3) is 11.2 Å². The molecule has 1 aromatic carbocycles. The zero-order chi connectivity index (χ0) is 14.4. The zero-order valence-corrected chi connectivity index (χ0v) is 10.9. The molecule has 3 rings (SSSR count). The second-order valence-corrected chi connectivity index (χ2v) is 5.76. The quantitative estimate of drug-likeness (QED) is 0.717. The molecule has 94 valence electrons. The van der Waals surface area contributed by atoms with E-state index in [2.05, 4.69) is 0 Å². The molecule has 2 heterocycles. The Bertz CT molecular complexity index is 733. The highest BCUT2D eigenvalue weighted by atomic mass is 32.2. The van der Waals surface area contributed by atoms with E-state index in [0.29, 0.717) is 0 Å². The average molecular weight is 278 g/mol. The van der Waals surface area contributed by atoms with E-state index in [1.807, 2.05) is 42.5 Å². The van der Waals surface area contributed by atoms with Crippen molar-refractivity contribution in [3.05, 3.63) is 29.8 Å². The second kappa shape index (κ2) is 3.99. The molecule has 0 unspecified atom stereocenters. The van der Waals surface area contributed by atoms with Gasteiger partial charge in [0.2, 0.25) is 0 Å². The lowest BCUT2D eigenvalue weighted by atomic mass is 9.81. The summed E-state index contributed by atoms with van der Waals surface area (Å²) >= 11 is 1.32. The monoisotopic (exact) mass is 278 g/mol. The molecule has 2 aliphatic rings. The van der Waals surface area contributed by atoms with Crippen LogP contribution in [0.15, 0.2) is 29.2 Å². The molecular formula is C14H6N4OS. The van der Waals surface area contributed by atoms with Crippen LogP contribution in [0.2, 0.25) is 0 Å². The minimum atomic E-state index is -1.80. The fourth-order valence-corrected chi connectivity index (χ4v) is 4.30. The van der Waals surface area contributed by atoms with Crippen molar-refractivity contribution in [2.24, 2.45) is 0 Å². The fraction of sp³-hybridized carbons (Fsp3) is 0.286. The van der Waals surface area contributed by atoms with Gasteiger partial charge in [0.05, 0.1) is 11.2 Å². The van der Waals surface area contributed by atoms with Crippen LogP contribution in [-0.2, 0) is 4.74 Å². The van der Waals surface area contributed by atoms with Crippen molar-refractivity contribution in [2.45, 2.75) is 27.3 Å². The van der Waals surface area contributed by atoms with E-state index in [1.165, 1.54) is 11.8 Å². The standard InChI is InChI=1S/C14H6N4OS/c15-5-13(6-16)11-9-3-1-2-4-10(9)20-12(11)14(7-17,8-18)19-13/h1-4,11-12H/t11-,12+/m1/s1. The van der Waals surface area contributed by atoms with Crippen molar-refractivity contribution >= 4 is 11.8 Å². The normalized spacial score (nSPS) is 27.2. The lowest BCUT2D eigenvalue weighted by molar-refractivity contribution is 0.0178. The number of nitriles is 4. The van der Waals surface area contributed by atoms with Gasteiger partial charge in [-0.05, 0) is 11.6 Å². The first kappa shape index (κ1) is 12.5. The smallest absolute Gasteiger partial charge is 0.256 e. The molecule has 0 aromatic heterocycles. The molecule has 0 N–H and O–H groups in total. The maximum Gasteiger partial charge on any atom is 0.256 e. The van der Waals surface area contributed by atoms with Crippen molar-refractivity contribution in [1.29, 1.82) is 21.0 Å². The average Bonchev–Trinajstić information content (AvgIpc) is 3.02. The van der Waals surface area contributed by atoms with Gasteiger partial charge in [-0.2, -0.15) is 21.0 Å². The summed E-state index contributed by atoms with van der Waals surface area (Å²) in [6, 6.07) is 14.7. The van der Waals surface area contributed by atoms with E-state index in [4.69, 9.17) is 4.74 Å². The van der Waals surface area contributed by atoms with Crippen LogP contribution in [0.1, 0.15) is 11.5 Å². The summed E-state index contributed by atoms with van der Waals surface area (Å²) in [7, 11) is 0. The first-order valence-electron chi connectivity index (χ1n) is 5.77. The Morgan fingerprint density at radius 2 is 1.55 bits per heavy atom. The maximum atomic E-state index is 9.39. The Morgan fingerprint density at radius 1 is 0.950 bits per heavy atom. The molecule has 0 amide bonds. The SMILES string of the molecule is N#CC1(C#N)OC(C#N)(C#N)[C@H]2Sc3ccccc3[C@H]21. The van der Waals surface area contributed by atoms with Crippen LogP contribution in [0.4, 0.5) is 0 Å². The van der Waals surface area contributed by atoms with Crippen LogP contribution >= 0.6 is 11.8 Å². The Balaban J connectivity index is 2.27. The zero-order valence-electron chi connectivity index (χ0n) is 10.1. The number of hydrogen-bond acceptors (Lipinski definition) is 6. The molecule has 0 bridgehead atoms. The van der Waals surface area contributed by atoms with Crippen LogP contribution in [0.5, 0.6) is 0 Å². The highest BCUT2D eigenvalue weighted by molar-refractivity contribution is 8.00. The van der Waals surface area contributed by atoms with Gasteiger partial charge in [-0.15, -0.1) is 11.8 Å². The Hall–Kier alpha value is -2.51. The Kier molecular flexibility index (Phi) is 2.50. The molecule has 0 saturated carbocycles. The number of thioether (sulfide) groups is 1. The summed E-state index contributed by atoms with van der Waals surface area (Å²) < 4.78 is 5.39. The number of fused-ring (bicyclic) bond motifs is 3. The van der Waals surface area contributed by atoms with Crippen LogP contribution < -0.4 is 0 Å². The van der Waals surface area contributed by atoms with Gasteiger partial charge in [0.15, 0.2) is 0 Å². The number of ether oxygens (including phenoxy) is 1. The second-order valence-electron chi connectivity index (χ2n) is 4.57. The summed E-state index contributed by atoms with van der Waals surface area (Å²) in [5.41, 5.74) is -2.78. The summed E-state index contributed by atoms with van der Waals surface area (Å²) in [5, 5.41) is 36.9. The number of nitrogens with zero attached hydrogens (tertiary/aromatic N) is 4. The highest BCUT2D eigenvalue weighted by Crippen LogP contribution is 2.60. The van der Waals surface area contributed by atoms with Crippen LogP contribution in [0.3, 0.4) is 0 Å². The van der Waals surface area contributed by atoms with Gasteiger partial charge in [-0.1, -0.05) is 18.2 Å². The molecule has 0 aliphatic carbocycles. The van der Waals surface area contributed by atoms with Crippen LogP contribution in [0.25, 0.3) is 0 Å². The van der Waals surface area contributed by atoms with E-state index in [-0.39, 0.29) is 0 Å². The van der Waals surface area contributed by atoms with Crippen molar-refractivity contribution in [1.82, 2.24) is 0 Å². The largest absolute Gasteiger partial charge is 0.311 e. The van der Waals surface area contributed by atoms with Crippen LogP contribution in [0, 0.1) is 45.3 Å². The van der Waals surface area contributed by atoms with Gasteiger partial charge in [-0.25, -0.2) is 0 Å². The van der Waals surface area contributed by atoms with E-state index in [0.717, 1.165) is 10.5 Å². The molecule has 2 atom stereocenters. The predicted octanol–water partition coefficient (Wildman–Crippen LogP) is 1.85. The Morgan fingerprint density at radius 3 is 2.15 bits per heavy atom. The van der Waals surface area contributed by atoms with Crippen molar-refractivity contribution in [2.75, 3.05) is 0 Å². The van der Waals surface area contributed by atoms with Gasteiger partial charge in [0.1, 0.15) is 24.3 Å². The first-order valence-corrected chi connectivity index (χ1v) is 6.65. The van der Waals surface area contributed by atoms with Gasteiger partial charge < -0.3 is 4.74 Å². The van der Waals surface area contributed by atoms with E-state index < -0.39 is 22.4 Å². The molecule has 0 radical (unpaired) electrons. The maximum absolute atomic E-state index is 9.39. The van der Waals surface area contributed by atoms with Crippen molar-refractivity contribution < 1.29 is 4.74 Å². The summed E-state index contributed by atoms with van der Waals surface area (Å²) in [6.07, 6.45) is 0. The highest BCUT2D eigenvalue weighted by Gasteiger charge is 2.68. The molecule has 0 spiro atoms. The molecule has 1 saturated heterocycles. The molecule has 1 fully saturated rings. The molecule has 1 aromatic rings. The van der Waals surface area contributed by atoms with E-state index in [1.54, 1.807) is 6.07 Å². The van der Waals surface area contributed by atoms with Gasteiger partial charge in [-0.3, -0.25) is 0 Å². The summed E-state index contributed by atoms with van der Waals surface area (Å²) in [6.45, 7) is 0. The molecule has 20 heavy (non-hydrogen) atoms. The fourth-order valence-electron chi connectivity index (χ4n) is 2.75. The number of benzene rings is 1. The summed E-state index contributed by atoms with van der Waals surface area (Å²) in [4.78, 5) is 0.885. The minimum Gasteiger partial charge on any atom is -0.311 e. The number of hydrogen-bond donors (Lipinski definition) is 0. The Labute approximate surface area is 119 Å². The predicted molar refractivity (Wildman–Crippen MR) is 67.8 cm³/mol. The lowest BCUT2D eigenvalue weighted by Gasteiger charge is -2.19. The minimum absolute atomic E-state index is 0.575. The van der Waals surface area contributed by atoms with Crippen molar-refractivity contribution in [3.63, 3.8) is 0 Å². The van der Waals surface area contributed by atoms with E-state index >= 15 is 0 Å². The van der Waals surface area contributed by atoms with Crippen molar-refractivity contribution in [3.8, 4) is 24.3 Å². The van der Waals surface area contributed by atoms with Gasteiger partial charge >= 0.3 is 0 Å². The van der Waals surface area contributed by atoms with Crippen LogP contribution in [-0.4, -0.2) is 16.5 Å². The van der Waals surface area contributed by atoms with Gasteiger partial charge in [0, 0.05) is 4.90 Å². The molecular weight excluding hydrogens is 272 g/mol. The third-order valence-corrected chi connectivity index (χ3v) is 5.12. The lowest BCUT2D eigenvalue weighted by Crippen LogP contribution is -2.35. The molecule has 6 heteroatoms. The molecule has 5 nitrogen and oxygen atoms in total.